The quantitative estimate of drug-likeness (QED) is 0.304. The van der Waals surface area contributed by atoms with Crippen LogP contribution in [-0.4, -0.2) is 11.5 Å². The average molecular weight is 147 g/mol. The second kappa shape index (κ2) is 6.20. The standard InChI is InChI=1S/C8H5NO2/c1-2-3-4-5-6-7-8-9(10)11/h8H2,1H3. The molecule has 3 nitrogen and oxygen atoms in total. The zero-order valence-corrected chi connectivity index (χ0v) is 5.97. The summed E-state index contributed by atoms with van der Waals surface area (Å²) in [4.78, 5) is 9.20. The van der Waals surface area contributed by atoms with Gasteiger partial charge in [0.2, 0.25) is 0 Å². The summed E-state index contributed by atoms with van der Waals surface area (Å²) in [6, 6.07) is 0. The second-order valence-electron chi connectivity index (χ2n) is 1.42. The van der Waals surface area contributed by atoms with Crippen LogP contribution in [0.4, 0.5) is 0 Å². The Hall–Kier alpha value is -1.92. The van der Waals surface area contributed by atoms with Crippen molar-refractivity contribution >= 4 is 0 Å². The van der Waals surface area contributed by atoms with Gasteiger partial charge >= 0.3 is 0 Å². The van der Waals surface area contributed by atoms with E-state index in [0.29, 0.717) is 0 Å². The fourth-order valence-corrected chi connectivity index (χ4v) is 0.273. The molecule has 0 radical (unpaired) electrons. The monoisotopic (exact) mass is 147 g/mol. The summed E-state index contributed by atoms with van der Waals surface area (Å²) < 4.78 is 0. The molecule has 0 aliphatic heterocycles. The van der Waals surface area contributed by atoms with Gasteiger partial charge < -0.3 is 0 Å². The maximum atomic E-state index is 9.72. The smallest absolute Gasteiger partial charge is 0.264 e. The van der Waals surface area contributed by atoms with Gasteiger partial charge in [0.25, 0.3) is 6.54 Å². The van der Waals surface area contributed by atoms with E-state index < -0.39 is 4.92 Å². The van der Waals surface area contributed by atoms with Crippen LogP contribution in [0.2, 0.25) is 0 Å². The summed E-state index contributed by atoms with van der Waals surface area (Å²) in [6.07, 6.45) is 0. The molecule has 0 unspecified atom stereocenters. The Morgan fingerprint density at radius 2 is 1.91 bits per heavy atom. The van der Waals surface area contributed by atoms with Crippen LogP contribution in [0.15, 0.2) is 0 Å². The van der Waals surface area contributed by atoms with Gasteiger partial charge in [0, 0.05) is 4.92 Å². The third-order valence-electron chi connectivity index (χ3n) is 0.609. The van der Waals surface area contributed by atoms with Crippen LogP contribution in [0, 0.1) is 45.6 Å². The molecule has 0 aromatic carbocycles. The van der Waals surface area contributed by atoms with Crippen molar-refractivity contribution in [3.8, 4) is 35.5 Å². The lowest BCUT2D eigenvalue weighted by atomic mass is 10.5. The van der Waals surface area contributed by atoms with Crippen LogP contribution >= 0.6 is 0 Å². The lowest BCUT2D eigenvalue weighted by molar-refractivity contribution is -0.466. The zero-order chi connectivity index (χ0) is 8.53. The first kappa shape index (κ1) is 9.08. The van der Waals surface area contributed by atoms with Gasteiger partial charge in [-0.2, -0.15) is 0 Å². The minimum absolute atomic E-state index is 0.367. The Bertz CT molecular complexity index is 311. The molecule has 0 saturated carbocycles. The number of rotatable bonds is 1. The molecule has 0 rings (SSSR count). The fourth-order valence-electron chi connectivity index (χ4n) is 0.273. The molecular weight excluding hydrogens is 142 g/mol. The molecule has 0 heterocycles. The topological polar surface area (TPSA) is 43.1 Å². The highest BCUT2D eigenvalue weighted by Crippen LogP contribution is 1.62. The third-order valence-corrected chi connectivity index (χ3v) is 0.609. The molecule has 3 heteroatoms. The maximum Gasteiger partial charge on any atom is 0.264 e. The molecule has 0 aromatic rings. The van der Waals surface area contributed by atoms with Gasteiger partial charge in [-0.05, 0) is 36.5 Å². The van der Waals surface area contributed by atoms with E-state index in [1.165, 1.54) is 0 Å². The van der Waals surface area contributed by atoms with E-state index in [4.69, 9.17) is 0 Å². The minimum Gasteiger partial charge on any atom is -0.264 e. The van der Waals surface area contributed by atoms with Crippen LogP contribution in [-0.2, 0) is 0 Å². The largest absolute Gasteiger partial charge is 0.264 e. The van der Waals surface area contributed by atoms with E-state index in [9.17, 15) is 10.1 Å². The van der Waals surface area contributed by atoms with Crippen molar-refractivity contribution in [2.75, 3.05) is 6.54 Å². The lowest BCUT2D eigenvalue weighted by Gasteiger charge is -1.75. The Morgan fingerprint density at radius 1 is 1.27 bits per heavy atom. The van der Waals surface area contributed by atoms with E-state index in [-0.39, 0.29) is 6.54 Å². The normalized spacial score (nSPS) is 5.55. The first-order chi connectivity index (χ1) is 5.27. The summed E-state index contributed by atoms with van der Waals surface area (Å²) in [5.41, 5.74) is 0. The Balaban J connectivity index is 3.81. The van der Waals surface area contributed by atoms with Crippen LogP contribution < -0.4 is 0 Å². The van der Waals surface area contributed by atoms with E-state index in [1.807, 2.05) is 0 Å². The molecule has 0 N–H and O–H groups in total. The number of hydrogen-bond acceptors (Lipinski definition) is 2. The maximum absolute atomic E-state index is 9.72. The van der Waals surface area contributed by atoms with E-state index >= 15 is 0 Å². The van der Waals surface area contributed by atoms with E-state index in [1.54, 1.807) is 6.92 Å². The number of nitro groups is 1. The average Bonchev–Trinajstić information content (AvgIpc) is 1.96. The Kier molecular flexibility index (Phi) is 5.12. The Labute approximate surface area is 64.9 Å². The zero-order valence-electron chi connectivity index (χ0n) is 5.97. The Morgan fingerprint density at radius 3 is 2.45 bits per heavy atom. The number of nitrogens with zero attached hydrogens (tertiary/aromatic N) is 1. The summed E-state index contributed by atoms with van der Waals surface area (Å²) >= 11 is 0. The van der Waals surface area contributed by atoms with Crippen molar-refractivity contribution in [1.82, 2.24) is 0 Å². The van der Waals surface area contributed by atoms with Crippen molar-refractivity contribution in [1.29, 1.82) is 0 Å². The van der Waals surface area contributed by atoms with Gasteiger partial charge in [-0.1, -0.05) is 5.92 Å². The van der Waals surface area contributed by atoms with Gasteiger partial charge in [-0.25, -0.2) is 0 Å². The van der Waals surface area contributed by atoms with Crippen LogP contribution in [0.5, 0.6) is 0 Å². The molecule has 0 aromatic heterocycles. The van der Waals surface area contributed by atoms with Gasteiger partial charge in [0.1, 0.15) is 0 Å². The van der Waals surface area contributed by atoms with Gasteiger partial charge in [-0.15, -0.1) is 0 Å². The molecule has 11 heavy (non-hydrogen) atoms. The first-order valence-corrected chi connectivity index (χ1v) is 2.78. The molecule has 0 amide bonds. The first-order valence-electron chi connectivity index (χ1n) is 2.78. The van der Waals surface area contributed by atoms with Gasteiger partial charge in [-0.3, -0.25) is 10.1 Å². The molecule has 0 saturated heterocycles. The minimum atomic E-state index is -0.514. The van der Waals surface area contributed by atoms with Crippen molar-refractivity contribution in [3.05, 3.63) is 10.1 Å². The summed E-state index contributed by atoms with van der Waals surface area (Å²) in [5.74, 6) is 14.3. The molecular formula is C8H5NO2. The highest BCUT2D eigenvalue weighted by molar-refractivity contribution is 5.35. The molecule has 0 aliphatic carbocycles. The van der Waals surface area contributed by atoms with Crippen LogP contribution in [0.25, 0.3) is 0 Å². The SMILES string of the molecule is CC#CC#CC#CC[N+](=O)[O-]. The second-order valence-corrected chi connectivity index (χ2v) is 1.42. The summed E-state index contributed by atoms with van der Waals surface area (Å²) in [5, 5.41) is 9.72. The van der Waals surface area contributed by atoms with E-state index in [0.717, 1.165) is 0 Å². The predicted octanol–water partition coefficient (Wildman–Crippen LogP) is 0.293. The highest BCUT2D eigenvalue weighted by atomic mass is 16.6. The van der Waals surface area contributed by atoms with Gasteiger partial charge in [0.05, 0.1) is 0 Å². The van der Waals surface area contributed by atoms with Crippen molar-refractivity contribution in [2.45, 2.75) is 6.92 Å². The molecule has 0 fully saturated rings. The van der Waals surface area contributed by atoms with Crippen LogP contribution in [0.3, 0.4) is 0 Å². The predicted molar refractivity (Wildman–Crippen MR) is 40.9 cm³/mol. The fraction of sp³-hybridized carbons (Fsp3) is 0.250. The molecule has 0 bridgehead atoms. The summed E-state index contributed by atoms with van der Waals surface area (Å²) in [7, 11) is 0. The van der Waals surface area contributed by atoms with Crippen molar-refractivity contribution < 1.29 is 4.92 Å². The molecule has 0 aliphatic rings. The third kappa shape index (κ3) is 8.08. The van der Waals surface area contributed by atoms with E-state index in [2.05, 4.69) is 35.5 Å². The number of hydrogen-bond donors (Lipinski definition) is 0. The van der Waals surface area contributed by atoms with Crippen molar-refractivity contribution in [2.24, 2.45) is 0 Å². The van der Waals surface area contributed by atoms with Gasteiger partial charge in [0.15, 0.2) is 0 Å². The van der Waals surface area contributed by atoms with Crippen LogP contribution in [0.1, 0.15) is 6.92 Å². The molecule has 0 atom stereocenters. The highest BCUT2D eigenvalue weighted by Gasteiger charge is 1.83. The molecule has 54 valence electrons. The summed E-state index contributed by atoms with van der Waals surface area (Å²) in [6.45, 7) is 1.29. The molecule has 0 spiro atoms. The van der Waals surface area contributed by atoms with Crippen molar-refractivity contribution in [3.63, 3.8) is 0 Å². The lowest BCUT2D eigenvalue weighted by Crippen LogP contribution is -1.95.